The van der Waals surface area contributed by atoms with Gasteiger partial charge in [0.2, 0.25) is 0 Å². The quantitative estimate of drug-likeness (QED) is 0.821. The summed E-state index contributed by atoms with van der Waals surface area (Å²) in [6, 6.07) is 1.94. The predicted molar refractivity (Wildman–Crippen MR) is 62.3 cm³/mol. The zero-order valence-electron chi connectivity index (χ0n) is 10.4. The molecule has 0 spiro atoms. The van der Waals surface area contributed by atoms with Crippen LogP contribution in [-0.4, -0.2) is 9.55 Å². The number of aromatic amines is 1. The van der Waals surface area contributed by atoms with Gasteiger partial charge in [-0.05, 0) is 19.1 Å². The van der Waals surface area contributed by atoms with Crippen LogP contribution in [0.15, 0.2) is 27.8 Å². The molecule has 1 aromatic carbocycles. The molecule has 0 amide bonds. The molecule has 0 unspecified atom stereocenters. The standard InChI is InChI=1S/C12H7F5N2O2/c1-5-9(12(15,16)17)18-11(21)19(10(5)20)8-4-6(13)2-3-7(8)14/h2-4H,1H3,(H,18,21). The van der Waals surface area contributed by atoms with Gasteiger partial charge in [0.1, 0.15) is 17.3 Å². The molecule has 0 atom stereocenters. The van der Waals surface area contributed by atoms with Crippen LogP contribution in [0, 0.1) is 18.6 Å². The van der Waals surface area contributed by atoms with Crippen molar-refractivity contribution >= 4 is 0 Å². The number of rotatable bonds is 1. The highest BCUT2D eigenvalue weighted by molar-refractivity contribution is 5.35. The number of hydrogen-bond acceptors (Lipinski definition) is 2. The Bertz CT molecular complexity index is 820. The van der Waals surface area contributed by atoms with Gasteiger partial charge in [-0.25, -0.2) is 18.1 Å². The lowest BCUT2D eigenvalue weighted by Gasteiger charge is -2.12. The van der Waals surface area contributed by atoms with Crippen LogP contribution in [0.3, 0.4) is 0 Å². The van der Waals surface area contributed by atoms with Crippen LogP contribution in [0.2, 0.25) is 0 Å². The number of nitrogens with zero attached hydrogens (tertiary/aromatic N) is 1. The second-order valence-electron chi connectivity index (χ2n) is 4.16. The van der Waals surface area contributed by atoms with Gasteiger partial charge in [0.05, 0.1) is 5.69 Å². The van der Waals surface area contributed by atoms with Gasteiger partial charge in [-0.2, -0.15) is 13.2 Å². The first-order valence-corrected chi connectivity index (χ1v) is 5.51. The Labute approximate surface area is 113 Å². The minimum absolute atomic E-state index is 0.114. The fraction of sp³-hybridized carbons (Fsp3) is 0.167. The molecule has 112 valence electrons. The molecule has 21 heavy (non-hydrogen) atoms. The van der Waals surface area contributed by atoms with Crippen molar-refractivity contribution in [3.8, 4) is 5.69 Å². The predicted octanol–water partition coefficient (Wildman–Crippen LogP) is 2.13. The van der Waals surface area contributed by atoms with Crippen molar-refractivity contribution in [3.05, 3.63) is 61.9 Å². The molecule has 0 aliphatic heterocycles. The largest absolute Gasteiger partial charge is 0.431 e. The number of nitrogens with one attached hydrogen (secondary N) is 1. The van der Waals surface area contributed by atoms with Gasteiger partial charge in [0.25, 0.3) is 5.56 Å². The van der Waals surface area contributed by atoms with E-state index < -0.39 is 46.0 Å². The van der Waals surface area contributed by atoms with Crippen LogP contribution in [0.4, 0.5) is 22.0 Å². The summed E-state index contributed by atoms with van der Waals surface area (Å²) in [5.74, 6) is -2.07. The van der Waals surface area contributed by atoms with Crippen LogP contribution in [0.5, 0.6) is 0 Å². The van der Waals surface area contributed by atoms with E-state index in [9.17, 15) is 31.5 Å². The van der Waals surface area contributed by atoms with E-state index in [2.05, 4.69) is 0 Å². The van der Waals surface area contributed by atoms with E-state index in [1.807, 2.05) is 0 Å². The van der Waals surface area contributed by atoms with Gasteiger partial charge in [-0.3, -0.25) is 4.79 Å². The summed E-state index contributed by atoms with van der Waals surface area (Å²) in [6.07, 6.45) is -4.94. The Morgan fingerprint density at radius 1 is 1.14 bits per heavy atom. The Morgan fingerprint density at radius 2 is 1.76 bits per heavy atom. The van der Waals surface area contributed by atoms with Gasteiger partial charge in [-0.15, -0.1) is 0 Å². The third-order valence-corrected chi connectivity index (χ3v) is 2.77. The molecule has 0 radical (unpaired) electrons. The van der Waals surface area contributed by atoms with E-state index in [-0.39, 0.29) is 4.57 Å². The molecule has 0 saturated carbocycles. The SMILES string of the molecule is Cc1c(C(F)(F)F)[nH]c(=O)n(-c2cc(F)ccc2F)c1=O. The lowest BCUT2D eigenvalue weighted by Crippen LogP contribution is -2.38. The summed E-state index contributed by atoms with van der Waals surface area (Å²) in [5.41, 5.74) is -6.01. The molecule has 1 heterocycles. The monoisotopic (exact) mass is 306 g/mol. The van der Waals surface area contributed by atoms with E-state index in [0.29, 0.717) is 12.1 Å². The Balaban J connectivity index is 2.85. The van der Waals surface area contributed by atoms with Gasteiger partial charge in [-0.1, -0.05) is 0 Å². The minimum atomic E-state index is -4.94. The average molecular weight is 306 g/mol. The highest BCUT2D eigenvalue weighted by Gasteiger charge is 2.35. The normalized spacial score (nSPS) is 11.7. The average Bonchev–Trinajstić information content (AvgIpc) is 2.36. The molecule has 0 aliphatic carbocycles. The van der Waals surface area contributed by atoms with Crippen LogP contribution >= 0.6 is 0 Å². The highest BCUT2D eigenvalue weighted by atomic mass is 19.4. The maximum absolute atomic E-state index is 13.6. The fourth-order valence-corrected chi connectivity index (χ4v) is 1.78. The topological polar surface area (TPSA) is 54.9 Å². The van der Waals surface area contributed by atoms with Crippen molar-refractivity contribution < 1.29 is 22.0 Å². The molecular weight excluding hydrogens is 299 g/mol. The lowest BCUT2D eigenvalue weighted by molar-refractivity contribution is -0.142. The second-order valence-corrected chi connectivity index (χ2v) is 4.16. The Hall–Kier alpha value is -2.45. The van der Waals surface area contributed by atoms with E-state index in [4.69, 9.17) is 0 Å². The highest BCUT2D eigenvalue weighted by Crippen LogP contribution is 2.28. The van der Waals surface area contributed by atoms with Crippen LogP contribution in [0.1, 0.15) is 11.3 Å². The van der Waals surface area contributed by atoms with Gasteiger partial charge in [0.15, 0.2) is 0 Å². The molecule has 0 fully saturated rings. The molecule has 0 bridgehead atoms. The third-order valence-electron chi connectivity index (χ3n) is 2.77. The summed E-state index contributed by atoms with van der Waals surface area (Å²) in [4.78, 5) is 25.0. The number of hydrogen-bond donors (Lipinski definition) is 1. The number of alkyl halides is 3. The molecule has 9 heteroatoms. The molecule has 1 N–H and O–H groups in total. The maximum atomic E-state index is 13.6. The van der Waals surface area contributed by atoms with Crippen molar-refractivity contribution in [3.63, 3.8) is 0 Å². The van der Waals surface area contributed by atoms with Crippen LogP contribution < -0.4 is 11.2 Å². The summed E-state index contributed by atoms with van der Waals surface area (Å²) >= 11 is 0. The summed E-state index contributed by atoms with van der Waals surface area (Å²) in [6.45, 7) is 0.828. The molecule has 2 aromatic rings. The maximum Gasteiger partial charge on any atom is 0.431 e. The van der Waals surface area contributed by atoms with Crippen molar-refractivity contribution in [1.29, 1.82) is 0 Å². The fourth-order valence-electron chi connectivity index (χ4n) is 1.78. The molecule has 0 saturated heterocycles. The first-order valence-electron chi connectivity index (χ1n) is 5.51. The molecule has 0 aliphatic rings. The van der Waals surface area contributed by atoms with E-state index in [1.165, 1.54) is 4.98 Å². The zero-order valence-corrected chi connectivity index (χ0v) is 10.4. The molecule has 4 nitrogen and oxygen atoms in total. The summed E-state index contributed by atoms with van der Waals surface area (Å²) in [7, 11) is 0. The van der Waals surface area contributed by atoms with Gasteiger partial charge < -0.3 is 4.98 Å². The first kappa shape index (κ1) is 14.9. The Kier molecular flexibility index (Phi) is 3.44. The van der Waals surface area contributed by atoms with Gasteiger partial charge >= 0.3 is 11.9 Å². The number of aromatic nitrogens is 2. The first-order chi connectivity index (χ1) is 9.62. The van der Waals surface area contributed by atoms with Crippen molar-refractivity contribution in [1.82, 2.24) is 9.55 Å². The minimum Gasteiger partial charge on any atom is -0.302 e. The third kappa shape index (κ3) is 2.58. The van der Waals surface area contributed by atoms with Crippen LogP contribution in [0.25, 0.3) is 5.69 Å². The number of benzene rings is 1. The molecule has 1 aromatic heterocycles. The van der Waals surface area contributed by atoms with E-state index >= 15 is 0 Å². The summed E-state index contributed by atoms with van der Waals surface area (Å²) < 4.78 is 64.7. The van der Waals surface area contributed by atoms with E-state index in [0.717, 1.165) is 13.0 Å². The summed E-state index contributed by atoms with van der Waals surface area (Å²) in [5, 5.41) is 0. The number of H-pyrrole nitrogens is 1. The van der Waals surface area contributed by atoms with Crippen molar-refractivity contribution in [2.24, 2.45) is 0 Å². The zero-order chi connectivity index (χ0) is 15.9. The Morgan fingerprint density at radius 3 is 2.33 bits per heavy atom. The van der Waals surface area contributed by atoms with E-state index in [1.54, 1.807) is 0 Å². The lowest BCUT2D eigenvalue weighted by atomic mass is 10.2. The van der Waals surface area contributed by atoms with Crippen LogP contribution in [-0.2, 0) is 6.18 Å². The molecule has 2 rings (SSSR count). The molecular formula is C12H7F5N2O2. The smallest absolute Gasteiger partial charge is 0.302 e. The number of halogens is 5. The van der Waals surface area contributed by atoms with Crippen molar-refractivity contribution in [2.75, 3.05) is 0 Å². The van der Waals surface area contributed by atoms with Gasteiger partial charge in [0, 0.05) is 11.6 Å². The van der Waals surface area contributed by atoms with Crippen molar-refractivity contribution in [2.45, 2.75) is 13.1 Å². The second kappa shape index (κ2) is 4.83.